The van der Waals surface area contributed by atoms with Crippen molar-refractivity contribution in [1.82, 2.24) is 4.90 Å². The number of nitrogens with two attached hydrogens (primary N) is 1. The Bertz CT molecular complexity index is 505. The number of morpholine rings is 1. The van der Waals surface area contributed by atoms with E-state index in [0.29, 0.717) is 6.04 Å². The summed E-state index contributed by atoms with van der Waals surface area (Å²) in [7, 11) is 0. The summed E-state index contributed by atoms with van der Waals surface area (Å²) in [5, 5.41) is 2.89. The highest BCUT2D eigenvalue weighted by atomic mass is 16.5. The summed E-state index contributed by atoms with van der Waals surface area (Å²) >= 11 is 0. The van der Waals surface area contributed by atoms with Crippen molar-refractivity contribution in [2.45, 2.75) is 31.3 Å². The third-order valence-corrected chi connectivity index (χ3v) is 4.49. The Morgan fingerprint density at radius 2 is 1.90 bits per heavy atom. The Kier molecular flexibility index (Phi) is 3.97. The van der Waals surface area contributed by atoms with E-state index >= 15 is 0 Å². The van der Waals surface area contributed by atoms with Crippen LogP contribution in [0, 0.1) is 0 Å². The van der Waals surface area contributed by atoms with Crippen molar-refractivity contribution in [3.8, 4) is 0 Å². The predicted octanol–water partition coefficient (Wildman–Crippen LogP) is 1.51. The van der Waals surface area contributed by atoms with E-state index in [0.717, 1.165) is 44.8 Å². The molecule has 1 aromatic carbocycles. The number of anilines is 1. The Morgan fingerprint density at radius 1 is 1.29 bits per heavy atom. The molecule has 1 saturated heterocycles. The van der Waals surface area contributed by atoms with Gasteiger partial charge < -0.3 is 15.8 Å². The molecule has 21 heavy (non-hydrogen) atoms. The molecule has 0 spiro atoms. The molecule has 1 aromatic rings. The van der Waals surface area contributed by atoms with Gasteiger partial charge in [-0.2, -0.15) is 0 Å². The van der Waals surface area contributed by atoms with Crippen molar-refractivity contribution < 1.29 is 9.53 Å². The number of ether oxygens (including phenoxy) is 1. The van der Waals surface area contributed by atoms with Crippen molar-refractivity contribution in [1.29, 1.82) is 0 Å². The van der Waals surface area contributed by atoms with Crippen LogP contribution < -0.4 is 11.1 Å². The first kappa shape index (κ1) is 14.5. The molecule has 2 fully saturated rings. The summed E-state index contributed by atoms with van der Waals surface area (Å²) in [6.07, 6.45) is 1.57. The number of benzene rings is 1. The molecule has 1 saturated carbocycles. The van der Waals surface area contributed by atoms with Gasteiger partial charge in [0.1, 0.15) is 0 Å². The van der Waals surface area contributed by atoms with Crippen molar-refractivity contribution in [3.05, 3.63) is 29.8 Å². The Hall–Kier alpha value is -1.43. The molecule has 1 heterocycles. The molecular weight excluding hydrogens is 266 g/mol. The van der Waals surface area contributed by atoms with Crippen molar-refractivity contribution in [3.63, 3.8) is 0 Å². The van der Waals surface area contributed by atoms with Gasteiger partial charge in [0, 0.05) is 24.8 Å². The predicted molar refractivity (Wildman–Crippen MR) is 82.0 cm³/mol. The molecule has 1 amide bonds. The first-order valence-electron chi connectivity index (χ1n) is 7.61. The lowest BCUT2D eigenvalue weighted by molar-refractivity contribution is -0.118. The van der Waals surface area contributed by atoms with E-state index in [9.17, 15) is 4.79 Å². The Labute approximate surface area is 125 Å². The van der Waals surface area contributed by atoms with Gasteiger partial charge in [0.25, 0.3) is 0 Å². The van der Waals surface area contributed by atoms with Gasteiger partial charge in [-0.3, -0.25) is 9.69 Å². The smallest absolute Gasteiger partial charge is 0.244 e. The number of rotatable bonds is 4. The van der Waals surface area contributed by atoms with Crippen molar-refractivity contribution in [2.75, 3.05) is 31.6 Å². The van der Waals surface area contributed by atoms with Crippen LogP contribution in [-0.4, -0.2) is 42.6 Å². The Morgan fingerprint density at radius 3 is 2.48 bits per heavy atom. The van der Waals surface area contributed by atoms with Gasteiger partial charge >= 0.3 is 0 Å². The molecule has 1 unspecified atom stereocenters. The van der Waals surface area contributed by atoms with Crippen molar-refractivity contribution in [2.24, 2.45) is 5.73 Å². The normalized spacial score (nSPS) is 22.6. The van der Waals surface area contributed by atoms with Crippen LogP contribution in [0.15, 0.2) is 24.3 Å². The molecule has 0 radical (unpaired) electrons. The van der Waals surface area contributed by atoms with Crippen LogP contribution in [0.3, 0.4) is 0 Å². The van der Waals surface area contributed by atoms with Crippen molar-refractivity contribution >= 4 is 11.6 Å². The molecule has 2 aliphatic rings. The highest BCUT2D eigenvalue weighted by Gasteiger charge is 2.45. The number of carbonyl (C=O) groups is 1. The summed E-state index contributed by atoms with van der Waals surface area (Å²) in [5.41, 5.74) is 7.33. The number of carbonyl (C=O) groups excluding carboxylic acids is 1. The van der Waals surface area contributed by atoms with E-state index in [1.807, 2.05) is 12.1 Å². The SMILES string of the molecule is CC(c1ccc(NC(=O)C2(N)CC2)cc1)N1CCOCC1. The first-order valence-corrected chi connectivity index (χ1v) is 7.61. The van der Waals surface area contributed by atoms with Gasteiger partial charge in [-0.25, -0.2) is 0 Å². The number of hydrogen-bond acceptors (Lipinski definition) is 4. The molecule has 3 rings (SSSR count). The lowest BCUT2D eigenvalue weighted by atomic mass is 10.1. The zero-order valence-corrected chi connectivity index (χ0v) is 12.5. The molecule has 114 valence electrons. The molecule has 3 N–H and O–H groups in total. The van der Waals surface area contributed by atoms with Gasteiger partial charge in [-0.05, 0) is 37.5 Å². The lowest BCUT2D eigenvalue weighted by Crippen LogP contribution is -2.38. The molecule has 5 nitrogen and oxygen atoms in total. The van der Waals surface area contributed by atoms with Crippen LogP contribution in [-0.2, 0) is 9.53 Å². The van der Waals surface area contributed by atoms with Gasteiger partial charge in [-0.1, -0.05) is 12.1 Å². The summed E-state index contributed by atoms with van der Waals surface area (Å²) in [4.78, 5) is 14.3. The number of nitrogens with zero attached hydrogens (tertiary/aromatic N) is 1. The molecule has 0 bridgehead atoms. The second-order valence-electron chi connectivity index (χ2n) is 6.06. The fraction of sp³-hybridized carbons (Fsp3) is 0.562. The molecule has 1 aliphatic carbocycles. The standard InChI is InChI=1S/C16H23N3O2/c1-12(19-8-10-21-11-9-19)13-2-4-14(5-3-13)18-15(20)16(17)6-7-16/h2-5,12H,6-11,17H2,1H3,(H,18,20). The monoisotopic (exact) mass is 289 g/mol. The summed E-state index contributed by atoms with van der Waals surface area (Å²) in [5.74, 6) is -0.0727. The summed E-state index contributed by atoms with van der Waals surface area (Å²) in [6.45, 7) is 5.75. The van der Waals surface area contributed by atoms with E-state index in [1.54, 1.807) is 0 Å². The third-order valence-electron chi connectivity index (χ3n) is 4.49. The van der Waals surface area contributed by atoms with Gasteiger partial charge in [0.2, 0.25) is 5.91 Å². The van der Waals surface area contributed by atoms with E-state index in [1.165, 1.54) is 5.56 Å². The van der Waals surface area contributed by atoms with Crippen LogP contribution in [0.5, 0.6) is 0 Å². The highest BCUT2D eigenvalue weighted by molar-refractivity contribution is 6.00. The average molecular weight is 289 g/mol. The van der Waals surface area contributed by atoms with E-state index < -0.39 is 5.54 Å². The zero-order chi connectivity index (χ0) is 14.9. The van der Waals surface area contributed by atoms with E-state index in [2.05, 4.69) is 29.3 Å². The van der Waals surface area contributed by atoms with Gasteiger partial charge in [0.15, 0.2) is 0 Å². The maximum Gasteiger partial charge on any atom is 0.244 e. The fourth-order valence-corrected chi connectivity index (χ4v) is 2.64. The first-order chi connectivity index (χ1) is 10.1. The average Bonchev–Trinajstić information content (AvgIpc) is 3.27. The third kappa shape index (κ3) is 3.26. The number of nitrogens with one attached hydrogen (secondary N) is 1. The minimum atomic E-state index is -0.625. The zero-order valence-electron chi connectivity index (χ0n) is 12.5. The molecule has 0 aromatic heterocycles. The minimum absolute atomic E-state index is 0.0727. The topological polar surface area (TPSA) is 67.6 Å². The summed E-state index contributed by atoms with van der Waals surface area (Å²) < 4.78 is 5.39. The number of hydrogen-bond donors (Lipinski definition) is 2. The van der Waals surface area contributed by atoms with Crippen LogP contribution >= 0.6 is 0 Å². The van der Waals surface area contributed by atoms with Gasteiger partial charge in [0.05, 0.1) is 18.8 Å². The second kappa shape index (κ2) is 5.75. The maximum atomic E-state index is 11.9. The fourth-order valence-electron chi connectivity index (χ4n) is 2.64. The largest absolute Gasteiger partial charge is 0.379 e. The lowest BCUT2D eigenvalue weighted by Gasteiger charge is -2.32. The van der Waals surface area contributed by atoms with Crippen LogP contribution in [0.4, 0.5) is 5.69 Å². The quantitative estimate of drug-likeness (QED) is 0.881. The van der Waals surface area contributed by atoms with Crippen LogP contribution in [0.1, 0.15) is 31.4 Å². The Balaban J connectivity index is 1.61. The summed E-state index contributed by atoms with van der Waals surface area (Å²) in [6, 6.07) is 8.42. The molecule has 1 atom stereocenters. The molecule has 5 heteroatoms. The van der Waals surface area contributed by atoms with Crippen LogP contribution in [0.25, 0.3) is 0 Å². The minimum Gasteiger partial charge on any atom is -0.379 e. The number of amides is 1. The maximum absolute atomic E-state index is 11.9. The highest BCUT2D eigenvalue weighted by Crippen LogP contribution is 2.33. The van der Waals surface area contributed by atoms with E-state index in [-0.39, 0.29) is 5.91 Å². The van der Waals surface area contributed by atoms with Crippen LogP contribution in [0.2, 0.25) is 0 Å². The molecule has 1 aliphatic heterocycles. The second-order valence-corrected chi connectivity index (χ2v) is 6.06. The molecular formula is C16H23N3O2. The van der Waals surface area contributed by atoms with Gasteiger partial charge in [-0.15, -0.1) is 0 Å². The van der Waals surface area contributed by atoms with E-state index in [4.69, 9.17) is 10.5 Å².